The number of fused-ring (bicyclic) bond motifs is 1. The second-order valence-electron chi connectivity index (χ2n) is 6.49. The van der Waals surface area contributed by atoms with E-state index in [2.05, 4.69) is 6.07 Å². The maximum absolute atomic E-state index is 11.6. The molecule has 0 aromatic heterocycles. The zero-order chi connectivity index (χ0) is 17.4. The van der Waals surface area contributed by atoms with Gasteiger partial charge in [0.25, 0.3) is 0 Å². The SMILES string of the molecule is N#CC1(c2cc3c(c([N+](=O)[O-])c2)OCC=C[C@H]3c2ccccc2)CC1. The molecule has 5 heteroatoms. The molecule has 1 fully saturated rings. The Balaban J connectivity index is 1.95. The van der Waals surface area contributed by atoms with Gasteiger partial charge in [0.1, 0.15) is 6.61 Å². The molecule has 1 aliphatic heterocycles. The van der Waals surface area contributed by atoms with Crippen molar-refractivity contribution >= 4 is 5.69 Å². The minimum absolute atomic E-state index is 0.0568. The van der Waals surface area contributed by atoms with Gasteiger partial charge in [-0.15, -0.1) is 0 Å². The zero-order valence-corrected chi connectivity index (χ0v) is 13.5. The van der Waals surface area contributed by atoms with E-state index < -0.39 is 10.3 Å². The minimum atomic E-state index is -0.586. The summed E-state index contributed by atoms with van der Waals surface area (Å²) in [4.78, 5) is 11.2. The highest BCUT2D eigenvalue weighted by molar-refractivity contribution is 5.61. The van der Waals surface area contributed by atoms with Crippen molar-refractivity contribution in [3.8, 4) is 11.8 Å². The first-order valence-corrected chi connectivity index (χ1v) is 8.23. The van der Waals surface area contributed by atoms with Gasteiger partial charge in [-0.2, -0.15) is 5.26 Å². The van der Waals surface area contributed by atoms with Crippen LogP contribution in [0.2, 0.25) is 0 Å². The summed E-state index contributed by atoms with van der Waals surface area (Å²) in [5, 5.41) is 21.2. The first kappa shape index (κ1) is 15.4. The molecule has 2 aliphatic rings. The number of allylic oxidation sites excluding steroid dienone is 1. The van der Waals surface area contributed by atoms with E-state index in [-0.39, 0.29) is 11.6 Å². The highest BCUT2D eigenvalue weighted by atomic mass is 16.6. The monoisotopic (exact) mass is 332 g/mol. The fourth-order valence-corrected chi connectivity index (χ4v) is 3.40. The van der Waals surface area contributed by atoms with Gasteiger partial charge in [-0.3, -0.25) is 10.1 Å². The summed E-state index contributed by atoms with van der Waals surface area (Å²) >= 11 is 0. The van der Waals surface area contributed by atoms with Gasteiger partial charge >= 0.3 is 5.69 Å². The van der Waals surface area contributed by atoms with Crippen molar-refractivity contribution in [1.29, 1.82) is 5.26 Å². The summed E-state index contributed by atoms with van der Waals surface area (Å²) in [6, 6.07) is 15.6. The Morgan fingerprint density at radius 1 is 1.24 bits per heavy atom. The van der Waals surface area contributed by atoms with Gasteiger partial charge in [-0.05, 0) is 30.0 Å². The summed E-state index contributed by atoms with van der Waals surface area (Å²) in [5.41, 5.74) is 1.88. The Bertz CT molecular complexity index is 909. The number of rotatable bonds is 3. The zero-order valence-electron chi connectivity index (χ0n) is 13.5. The van der Waals surface area contributed by atoms with E-state index in [1.165, 1.54) is 6.07 Å². The standard InChI is InChI=1S/C20H16N2O3/c21-13-20(8-9-20)15-11-17-16(14-5-2-1-3-6-14)7-4-10-25-19(17)18(12-15)22(23)24/h1-7,11-12,16H,8-10H2/t16-/m0/s1. The predicted octanol–water partition coefficient (Wildman–Crippen LogP) is 4.23. The highest BCUT2D eigenvalue weighted by Gasteiger charge is 2.46. The molecule has 1 atom stereocenters. The quantitative estimate of drug-likeness (QED) is 0.479. The molecule has 1 aliphatic carbocycles. The second kappa shape index (κ2) is 5.75. The minimum Gasteiger partial charge on any atom is -0.482 e. The number of hydrogen-bond acceptors (Lipinski definition) is 4. The molecule has 1 saturated carbocycles. The van der Waals surface area contributed by atoms with Crippen LogP contribution >= 0.6 is 0 Å². The Morgan fingerprint density at radius 2 is 2.00 bits per heavy atom. The lowest BCUT2D eigenvalue weighted by atomic mass is 9.86. The lowest BCUT2D eigenvalue weighted by Crippen LogP contribution is -2.09. The lowest BCUT2D eigenvalue weighted by Gasteiger charge is -2.18. The lowest BCUT2D eigenvalue weighted by molar-refractivity contribution is -0.385. The molecular weight excluding hydrogens is 316 g/mol. The molecule has 5 nitrogen and oxygen atoms in total. The predicted molar refractivity (Wildman–Crippen MR) is 92.5 cm³/mol. The molecule has 25 heavy (non-hydrogen) atoms. The molecule has 0 spiro atoms. The highest BCUT2D eigenvalue weighted by Crippen LogP contribution is 2.51. The van der Waals surface area contributed by atoms with Crippen LogP contribution < -0.4 is 4.74 Å². The molecule has 1 heterocycles. The van der Waals surface area contributed by atoms with Crippen LogP contribution in [-0.4, -0.2) is 11.5 Å². The van der Waals surface area contributed by atoms with E-state index in [0.717, 1.165) is 29.5 Å². The number of benzene rings is 2. The topological polar surface area (TPSA) is 76.2 Å². The van der Waals surface area contributed by atoms with Gasteiger partial charge in [-0.1, -0.05) is 42.5 Å². The molecule has 0 bridgehead atoms. The first-order valence-electron chi connectivity index (χ1n) is 8.23. The fraction of sp³-hybridized carbons (Fsp3) is 0.250. The number of ether oxygens (including phenoxy) is 1. The van der Waals surface area contributed by atoms with Crippen LogP contribution in [0, 0.1) is 21.4 Å². The Labute approximate surface area is 145 Å². The molecule has 0 N–H and O–H groups in total. The van der Waals surface area contributed by atoms with Gasteiger partial charge in [0.05, 0.1) is 16.4 Å². The number of hydrogen-bond donors (Lipinski definition) is 0. The number of nitriles is 1. The van der Waals surface area contributed by atoms with Crippen molar-refractivity contribution in [2.24, 2.45) is 0 Å². The molecule has 2 aromatic rings. The molecule has 0 radical (unpaired) electrons. The molecule has 124 valence electrons. The largest absolute Gasteiger partial charge is 0.482 e. The fourth-order valence-electron chi connectivity index (χ4n) is 3.40. The van der Waals surface area contributed by atoms with E-state index in [0.29, 0.717) is 12.4 Å². The maximum Gasteiger partial charge on any atom is 0.311 e. The average Bonchev–Trinajstić information content (AvgIpc) is 3.45. The van der Waals surface area contributed by atoms with Crippen LogP contribution in [0.1, 0.15) is 35.4 Å². The third-order valence-corrected chi connectivity index (χ3v) is 4.96. The Hall–Kier alpha value is -3.13. The maximum atomic E-state index is 11.6. The van der Waals surface area contributed by atoms with Crippen molar-refractivity contribution in [3.63, 3.8) is 0 Å². The van der Waals surface area contributed by atoms with Crippen molar-refractivity contribution in [3.05, 3.63) is 81.4 Å². The summed E-state index contributed by atoms with van der Waals surface area (Å²) < 4.78 is 5.70. The van der Waals surface area contributed by atoms with Gasteiger partial charge in [0.15, 0.2) is 0 Å². The normalized spacial score (nSPS) is 19.9. The van der Waals surface area contributed by atoms with Gasteiger partial charge in [-0.25, -0.2) is 0 Å². The van der Waals surface area contributed by atoms with E-state index in [4.69, 9.17) is 4.74 Å². The van der Waals surface area contributed by atoms with Crippen LogP contribution in [0.3, 0.4) is 0 Å². The number of nitro benzene ring substituents is 1. The number of nitrogens with zero attached hydrogens (tertiary/aromatic N) is 2. The van der Waals surface area contributed by atoms with Crippen molar-refractivity contribution in [1.82, 2.24) is 0 Å². The van der Waals surface area contributed by atoms with Crippen LogP contribution in [0.5, 0.6) is 5.75 Å². The van der Waals surface area contributed by atoms with E-state index >= 15 is 0 Å². The first-order chi connectivity index (χ1) is 12.1. The summed E-state index contributed by atoms with van der Waals surface area (Å²) in [6.07, 6.45) is 5.39. The second-order valence-corrected chi connectivity index (χ2v) is 6.49. The molecule has 0 unspecified atom stereocenters. The van der Waals surface area contributed by atoms with Crippen molar-refractivity contribution in [2.75, 3.05) is 6.61 Å². The summed E-state index contributed by atoms with van der Waals surface area (Å²) in [5.74, 6) is 0.174. The Kier molecular flexibility index (Phi) is 3.54. The van der Waals surface area contributed by atoms with E-state index in [1.54, 1.807) is 0 Å². The van der Waals surface area contributed by atoms with Gasteiger partial charge in [0, 0.05) is 17.5 Å². The van der Waals surface area contributed by atoms with Crippen LogP contribution in [-0.2, 0) is 5.41 Å². The van der Waals surface area contributed by atoms with E-state index in [9.17, 15) is 15.4 Å². The third-order valence-electron chi connectivity index (χ3n) is 4.96. The molecular formula is C20H16N2O3. The van der Waals surface area contributed by atoms with Crippen LogP contribution in [0.25, 0.3) is 0 Å². The molecule has 0 saturated heterocycles. The molecule has 2 aromatic carbocycles. The summed E-state index contributed by atoms with van der Waals surface area (Å²) in [6.45, 7) is 0.292. The average molecular weight is 332 g/mol. The van der Waals surface area contributed by atoms with Crippen LogP contribution in [0.15, 0.2) is 54.6 Å². The third kappa shape index (κ3) is 2.56. The Morgan fingerprint density at radius 3 is 2.64 bits per heavy atom. The van der Waals surface area contributed by atoms with E-state index in [1.807, 2.05) is 48.6 Å². The smallest absolute Gasteiger partial charge is 0.311 e. The molecule has 4 rings (SSSR count). The van der Waals surface area contributed by atoms with Crippen molar-refractivity contribution in [2.45, 2.75) is 24.2 Å². The van der Waals surface area contributed by atoms with Gasteiger partial charge < -0.3 is 4.74 Å². The number of nitro groups is 1. The van der Waals surface area contributed by atoms with Gasteiger partial charge in [0.2, 0.25) is 5.75 Å². The summed E-state index contributed by atoms with van der Waals surface area (Å²) in [7, 11) is 0. The molecule has 0 amide bonds. The van der Waals surface area contributed by atoms with Crippen LogP contribution in [0.4, 0.5) is 5.69 Å². The van der Waals surface area contributed by atoms with Crippen molar-refractivity contribution < 1.29 is 9.66 Å².